The number of amides is 1. The second-order valence-electron chi connectivity index (χ2n) is 4.53. The predicted molar refractivity (Wildman–Crippen MR) is 67.9 cm³/mol. The van der Waals surface area contributed by atoms with Gasteiger partial charge in [-0.15, -0.1) is 5.10 Å². The van der Waals surface area contributed by atoms with E-state index in [0.717, 1.165) is 0 Å². The molecule has 0 aromatic carbocycles. The number of ether oxygens (including phenoxy) is 1. The summed E-state index contributed by atoms with van der Waals surface area (Å²) in [4.78, 5) is 13.5. The number of likely N-dealkylation sites (N-methyl/N-ethyl adjacent to an activating group) is 1. The van der Waals surface area contributed by atoms with Gasteiger partial charge in [-0.25, -0.2) is 0 Å². The van der Waals surface area contributed by atoms with Crippen LogP contribution in [0.3, 0.4) is 0 Å². The van der Waals surface area contributed by atoms with Gasteiger partial charge >= 0.3 is 0 Å². The molecule has 0 aliphatic rings. The number of hydrogen-bond acceptors (Lipinski definition) is 5. The Balaban J connectivity index is 2.63. The molecule has 0 radical (unpaired) electrons. The molecular formula is C12H20N4O2. The summed E-state index contributed by atoms with van der Waals surface area (Å²) in [5.41, 5.74) is 6.51. The molecule has 0 bridgehead atoms. The van der Waals surface area contributed by atoms with E-state index in [2.05, 4.69) is 10.2 Å². The Morgan fingerprint density at radius 3 is 2.56 bits per heavy atom. The van der Waals surface area contributed by atoms with Crippen LogP contribution in [0.4, 0.5) is 0 Å². The molecule has 1 aromatic heterocycles. The zero-order valence-electron chi connectivity index (χ0n) is 11.3. The van der Waals surface area contributed by atoms with Crippen molar-refractivity contribution in [3.05, 3.63) is 17.8 Å². The summed E-state index contributed by atoms with van der Waals surface area (Å²) in [5, 5.41) is 7.81. The fraction of sp³-hybridized carbons (Fsp3) is 0.583. The number of methoxy groups -OCH3 is 1. The molecule has 1 rings (SSSR count). The highest BCUT2D eigenvalue weighted by atomic mass is 16.5. The van der Waals surface area contributed by atoms with Crippen LogP contribution in [0.25, 0.3) is 0 Å². The lowest BCUT2D eigenvalue weighted by Crippen LogP contribution is -2.44. The molecule has 18 heavy (non-hydrogen) atoms. The molecule has 1 atom stereocenters. The van der Waals surface area contributed by atoms with Crippen molar-refractivity contribution in [2.75, 3.05) is 14.2 Å². The van der Waals surface area contributed by atoms with Gasteiger partial charge in [0.15, 0.2) is 0 Å². The van der Waals surface area contributed by atoms with E-state index in [-0.39, 0.29) is 11.8 Å². The van der Waals surface area contributed by atoms with Crippen LogP contribution >= 0.6 is 0 Å². The summed E-state index contributed by atoms with van der Waals surface area (Å²) in [6.45, 7) is 4.23. The Bertz CT molecular complexity index is 392. The monoisotopic (exact) mass is 252 g/mol. The number of nitrogens with zero attached hydrogens (tertiary/aromatic N) is 3. The Morgan fingerprint density at radius 1 is 1.44 bits per heavy atom. The molecule has 0 aliphatic carbocycles. The van der Waals surface area contributed by atoms with Gasteiger partial charge in [-0.1, -0.05) is 13.8 Å². The third-order valence-electron chi connectivity index (χ3n) is 2.68. The number of carbonyl (C=O) groups excluding carboxylic acids is 1. The standard InChI is InChI=1S/C12H20N4O2/c1-8(2)11(13)12(17)16(3)7-9-5-6-10(18-4)15-14-9/h5-6,8,11H,7,13H2,1-4H3/t11-/m0/s1. The molecular weight excluding hydrogens is 232 g/mol. The maximum absolute atomic E-state index is 11.9. The second kappa shape index (κ2) is 6.30. The second-order valence-corrected chi connectivity index (χ2v) is 4.53. The molecule has 1 heterocycles. The van der Waals surface area contributed by atoms with Crippen molar-refractivity contribution in [3.63, 3.8) is 0 Å². The van der Waals surface area contributed by atoms with E-state index in [1.165, 1.54) is 7.11 Å². The van der Waals surface area contributed by atoms with Crippen LogP contribution < -0.4 is 10.5 Å². The highest BCUT2D eigenvalue weighted by Crippen LogP contribution is 2.08. The summed E-state index contributed by atoms with van der Waals surface area (Å²) in [6, 6.07) is 3.00. The Kier molecular flexibility index (Phi) is 5.03. The largest absolute Gasteiger partial charge is 0.480 e. The van der Waals surface area contributed by atoms with Crippen molar-refractivity contribution in [1.82, 2.24) is 15.1 Å². The SMILES string of the molecule is COc1ccc(CN(C)C(=O)[C@@H](N)C(C)C)nn1. The number of aromatic nitrogens is 2. The minimum atomic E-state index is -0.485. The van der Waals surface area contributed by atoms with Crippen LogP contribution in [0, 0.1) is 5.92 Å². The molecule has 0 spiro atoms. The Labute approximate surface area is 107 Å². The first-order valence-corrected chi connectivity index (χ1v) is 5.83. The number of carbonyl (C=O) groups is 1. The summed E-state index contributed by atoms with van der Waals surface area (Å²) >= 11 is 0. The fourth-order valence-electron chi connectivity index (χ4n) is 1.40. The van der Waals surface area contributed by atoms with Crippen molar-refractivity contribution >= 4 is 5.91 Å². The molecule has 1 amide bonds. The van der Waals surface area contributed by atoms with E-state index in [1.54, 1.807) is 24.1 Å². The van der Waals surface area contributed by atoms with E-state index in [0.29, 0.717) is 18.1 Å². The van der Waals surface area contributed by atoms with E-state index in [1.807, 2.05) is 13.8 Å². The maximum atomic E-state index is 11.9. The van der Waals surface area contributed by atoms with Gasteiger partial charge < -0.3 is 15.4 Å². The maximum Gasteiger partial charge on any atom is 0.239 e. The topological polar surface area (TPSA) is 81.3 Å². The minimum Gasteiger partial charge on any atom is -0.480 e. The molecule has 0 unspecified atom stereocenters. The van der Waals surface area contributed by atoms with Crippen molar-refractivity contribution in [2.45, 2.75) is 26.4 Å². The zero-order valence-corrected chi connectivity index (χ0v) is 11.3. The minimum absolute atomic E-state index is 0.0948. The first kappa shape index (κ1) is 14.4. The summed E-state index contributed by atoms with van der Waals surface area (Å²) < 4.78 is 4.92. The van der Waals surface area contributed by atoms with Crippen molar-refractivity contribution in [3.8, 4) is 5.88 Å². The molecule has 6 heteroatoms. The zero-order chi connectivity index (χ0) is 13.7. The quantitative estimate of drug-likeness (QED) is 0.821. The summed E-state index contributed by atoms with van der Waals surface area (Å²) in [6.07, 6.45) is 0. The number of hydrogen-bond donors (Lipinski definition) is 1. The van der Waals surface area contributed by atoms with Gasteiger partial charge in [0.05, 0.1) is 25.4 Å². The van der Waals surface area contributed by atoms with Crippen LogP contribution in [0.5, 0.6) is 5.88 Å². The van der Waals surface area contributed by atoms with Gasteiger partial charge in [0, 0.05) is 13.1 Å². The molecule has 100 valence electrons. The van der Waals surface area contributed by atoms with E-state index >= 15 is 0 Å². The van der Waals surface area contributed by atoms with E-state index in [4.69, 9.17) is 10.5 Å². The molecule has 0 saturated carbocycles. The molecule has 0 aliphatic heterocycles. The van der Waals surface area contributed by atoms with Crippen LogP contribution in [0.1, 0.15) is 19.5 Å². The number of rotatable bonds is 5. The lowest BCUT2D eigenvalue weighted by atomic mass is 10.0. The van der Waals surface area contributed by atoms with E-state index < -0.39 is 6.04 Å². The predicted octanol–water partition coefficient (Wildman–Crippen LogP) is 0.427. The lowest BCUT2D eigenvalue weighted by molar-refractivity contribution is -0.132. The van der Waals surface area contributed by atoms with Gasteiger partial charge in [0.2, 0.25) is 11.8 Å². The third kappa shape index (κ3) is 3.66. The normalized spacial score (nSPS) is 12.3. The van der Waals surface area contributed by atoms with Gasteiger partial charge in [-0.3, -0.25) is 4.79 Å². The van der Waals surface area contributed by atoms with Crippen LogP contribution in [-0.2, 0) is 11.3 Å². The fourth-order valence-corrected chi connectivity index (χ4v) is 1.40. The van der Waals surface area contributed by atoms with Crippen LogP contribution in [0.15, 0.2) is 12.1 Å². The average molecular weight is 252 g/mol. The van der Waals surface area contributed by atoms with Gasteiger partial charge in [0.1, 0.15) is 0 Å². The highest BCUT2D eigenvalue weighted by molar-refractivity contribution is 5.81. The summed E-state index contributed by atoms with van der Waals surface area (Å²) in [5.74, 6) is 0.469. The molecule has 0 saturated heterocycles. The lowest BCUT2D eigenvalue weighted by Gasteiger charge is -2.22. The average Bonchev–Trinajstić information content (AvgIpc) is 2.37. The smallest absolute Gasteiger partial charge is 0.239 e. The first-order valence-electron chi connectivity index (χ1n) is 5.83. The molecule has 6 nitrogen and oxygen atoms in total. The Hall–Kier alpha value is -1.69. The van der Waals surface area contributed by atoms with Crippen molar-refractivity contribution in [2.24, 2.45) is 11.7 Å². The first-order chi connectivity index (χ1) is 8.45. The number of nitrogens with two attached hydrogens (primary N) is 1. The van der Waals surface area contributed by atoms with Gasteiger partial charge in [0.25, 0.3) is 0 Å². The van der Waals surface area contributed by atoms with E-state index in [9.17, 15) is 4.79 Å². The van der Waals surface area contributed by atoms with Crippen molar-refractivity contribution < 1.29 is 9.53 Å². The molecule has 2 N–H and O–H groups in total. The summed E-state index contributed by atoms with van der Waals surface area (Å²) in [7, 11) is 3.23. The third-order valence-corrected chi connectivity index (χ3v) is 2.68. The van der Waals surface area contributed by atoms with Gasteiger partial charge in [-0.05, 0) is 12.0 Å². The van der Waals surface area contributed by atoms with Crippen molar-refractivity contribution in [1.29, 1.82) is 0 Å². The van der Waals surface area contributed by atoms with Crippen LogP contribution in [-0.4, -0.2) is 41.2 Å². The molecule has 1 aromatic rings. The van der Waals surface area contributed by atoms with Gasteiger partial charge in [-0.2, -0.15) is 5.10 Å². The highest BCUT2D eigenvalue weighted by Gasteiger charge is 2.21. The molecule has 0 fully saturated rings. The van der Waals surface area contributed by atoms with Crippen LogP contribution in [0.2, 0.25) is 0 Å². The Morgan fingerprint density at radius 2 is 2.11 bits per heavy atom.